The maximum absolute atomic E-state index is 12.4. The van der Waals surface area contributed by atoms with Crippen molar-refractivity contribution in [1.82, 2.24) is 0 Å². The van der Waals surface area contributed by atoms with Gasteiger partial charge in [0.2, 0.25) is 0 Å². The molecule has 0 radical (unpaired) electrons. The predicted molar refractivity (Wildman–Crippen MR) is 97.6 cm³/mol. The smallest absolute Gasteiger partial charge is 0.189 e. The van der Waals surface area contributed by atoms with Crippen LogP contribution >= 0.6 is 0 Å². The number of benzene rings is 2. The third-order valence-electron chi connectivity index (χ3n) is 4.08. The van der Waals surface area contributed by atoms with Crippen LogP contribution in [0, 0.1) is 0 Å². The molecular weight excluding hydrogens is 336 g/mol. The molecule has 0 fully saturated rings. The molecule has 0 aliphatic carbocycles. The number of phenols is 4. The predicted octanol–water partition coefficient (Wildman–Crippen LogP) is 3.28. The van der Waals surface area contributed by atoms with Crippen LogP contribution in [0.1, 0.15) is 47.7 Å². The van der Waals surface area contributed by atoms with Gasteiger partial charge in [0.05, 0.1) is 11.7 Å². The SMILES string of the molecule is C[C@H](O)C[C@H](C)c1c(O)ccc(C(=O)C=Cc2ccc(O)cc2O)c1O. The molecule has 0 saturated heterocycles. The summed E-state index contributed by atoms with van der Waals surface area (Å²) in [6, 6.07) is 6.61. The molecule has 2 aromatic carbocycles. The van der Waals surface area contributed by atoms with Gasteiger partial charge in [-0.15, -0.1) is 0 Å². The first kappa shape index (κ1) is 19.3. The number of aliphatic hydroxyl groups is 1. The van der Waals surface area contributed by atoms with Crippen LogP contribution in [0.5, 0.6) is 23.0 Å². The van der Waals surface area contributed by atoms with Gasteiger partial charge in [0.1, 0.15) is 23.0 Å². The lowest BCUT2D eigenvalue weighted by molar-refractivity contribution is 0.104. The average molecular weight is 358 g/mol. The van der Waals surface area contributed by atoms with Crippen molar-refractivity contribution in [1.29, 1.82) is 0 Å². The second-order valence-corrected chi connectivity index (χ2v) is 6.32. The highest BCUT2D eigenvalue weighted by Gasteiger charge is 2.21. The topological polar surface area (TPSA) is 118 Å². The number of hydrogen-bond donors (Lipinski definition) is 5. The molecule has 0 bridgehead atoms. The Hall–Kier alpha value is -2.99. The summed E-state index contributed by atoms with van der Waals surface area (Å²) in [7, 11) is 0. The van der Waals surface area contributed by atoms with E-state index in [2.05, 4.69) is 0 Å². The van der Waals surface area contributed by atoms with E-state index < -0.39 is 11.9 Å². The molecule has 0 amide bonds. The van der Waals surface area contributed by atoms with Crippen LogP contribution < -0.4 is 0 Å². The summed E-state index contributed by atoms with van der Waals surface area (Å²) in [6.07, 6.45) is 2.24. The van der Waals surface area contributed by atoms with Crippen LogP contribution in [0.2, 0.25) is 0 Å². The number of phenolic OH excluding ortho intramolecular Hbond substituents is 4. The highest BCUT2D eigenvalue weighted by molar-refractivity contribution is 6.09. The van der Waals surface area contributed by atoms with Gasteiger partial charge in [-0.25, -0.2) is 0 Å². The van der Waals surface area contributed by atoms with Gasteiger partial charge >= 0.3 is 0 Å². The fourth-order valence-corrected chi connectivity index (χ4v) is 2.84. The molecule has 6 nitrogen and oxygen atoms in total. The number of hydrogen-bond acceptors (Lipinski definition) is 6. The van der Waals surface area contributed by atoms with E-state index in [1.165, 1.54) is 36.4 Å². The fraction of sp³-hybridized carbons (Fsp3) is 0.250. The van der Waals surface area contributed by atoms with Gasteiger partial charge in [0, 0.05) is 17.2 Å². The Morgan fingerprint density at radius 2 is 1.73 bits per heavy atom. The monoisotopic (exact) mass is 358 g/mol. The van der Waals surface area contributed by atoms with E-state index >= 15 is 0 Å². The van der Waals surface area contributed by atoms with Crippen molar-refractivity contribution in [3.05, 3.63) is 53.1 Å². The number of carbonyl (C=O) groups excluding carboxylic acids is 1. The molecule has 138 valence electrons. The molecule has 6 heteroatoms. The Morgan fingerprint density at radius 3 is 2.35 bits per heavy atom. The third-order valence-corrected chi connectivity index (χ3v) is 4.08. The van der Waals surface area contributed by atoms with Gasteiger partial charge in [0.15, 0.2) is 5.78 Å². The van der Waals surface area contributed by atoms with Gasteiger partial charge in [-0.3, -0.25) is 4.79 Å². The minimum absolute atomic E-state index is 0.00441. The lowest BCUT2D eigenvalue weighted by atomic mass is 9.91. The quantitative estimate of drug-likeness (QED) is 0.399. The summed E-state index contributed by atoms with van der Waals surface area (Å²) in [5, 5.41) is 49.0. The Morgan fingerprint density at radius 1 is 1.04 bits per heavy atom. The third kappa shape index (κ3) is 4.34. The largest absolute Gasteiger partial charge is 0.508 e. The molecule has 0 aliphatic heterocycles. The molecule has 0 saturated carbocycles. The van der Waals surface area contributed by atoms with E-state index in [9.17, 15) is 30.3 Å². The summed E-state index contributed by atoms with van der Waals surface area (Å²) in [5.74, 6) is -1.63. The van der Waals surface area contributed by atoms with Crippen molar-refractivity contribution in [3.63, 3.8) is 0 Å². The molecule has 5 N–H and O–H groups in total. The molecule has 26 heavy (non-hydrogen) atoms. The molecule has 2 aromatic rings. The number of ketones is 1. The molecule has 0 spiro atoms. The first-order chi connectivity index (χ1) is 12.2. The van der Waals surface area contributed by atoms with Gasteiger partial charge in [-0.05, 0) is 55.7 Å². The van der Waals surface area contributed by atoms with Crippen molar-refractivity contribution >= 4 is 11.9 Å². The second kappa shape index (κ2) is 7.93. The molecule has 2 rings (SSSR count). The number of aromatic hydroxyl groups is 4. The van der Waals surface area contributed by atoms with Gasteiger partial charge in [-0.2, -0.15) is 0 Å². The highest BCUT2D eigenvalue weighted by atomic mass is 16.3. The Kier molecular flexibility index (Phi) is 5.90. The van der Waals surface area contributed by atoms with Crippen LogP contribution in [0.3, 0.4) is 0 Å². The molecule has 0 heterocycles. The molecular formula is C20H22O6. The summed E-state index contributed by atoms with van der Waals surface area (Å²) in [5.41, 5.74) is 0.541. The van der Waals surface area contributed by atoms with Crippen molar-refractivity contribution in [2.24, 2.45) is 0 Å². The summed E-state index contributed by atoms with van der Waals surface area (Å²) in [6.45, 7) is 3.34. The van der Waals surface area contributed by atoms with E-state index in [0.717, 1.165) is 6.07 Å². The minimum Gasteiger partial charge on any atom is -0.508 e. The van der Waals surface area contributed by atoms with Gasteiger partial charge in [0.25, 0.3) is 0 Å². The lowest BCUT2D eigenvalue weighted by Crippen LogP contribution is -2.07. The fourth-order valence-electron chi connectivity index (χ4n) is 2.84. The number of rotatable bonds is 6. The zero-order valence-corrected chi connectivity index (χ0v) is 14.5. The van der Waals surface area contributed by atoms with E-state index in [1.54, 1.807) is 13.8 Å². The zero-order valence-electron chi connectivity index (χ0n) is 14.5. The summed E-state index contributed by atoms with van der Waals surface area (Å²) in [4.78, 5) is 12.4. The van der Waals surface area contributed by atoms with E-state index in [-0.39, 0.29) is 40.0 Å². The van der Waals surface area contributed by atoms with E-state index in [4.69, 9.17) is 0 Å². The summed E-state index contributed by atoms with van der Waals surface area (Å²) >= 11 is 0. The number of allylic oxidation sites excluding steroid dienone is 1. The van der Waals surface area contributed by atoms with Crippen LogP contribution in [0.25, 0.3) is 6.08 Å². The van der Waals surface area contributed by atoms with Crippen LogP contribution in [0.15, 0.2) is 36.4 Å². The average Bonchev–Trinajstić information content (AvgIpc) is 2.53. The normalized spacial score (nSPS) is 13.7. The van der Waals surface area contributed by atoms with Crippen molar-refractivity contribution in [2.45, 2.75) is 32.3 Å². The number of carbonyl (C=O) groups is 1. The maximum Gasteiger partial charge on any atom is 0.189 e. The zero-order chi connectivity index (χ0) is 19.4. The Balaban J connectivity index is 2.33. The Labute approximate surface area is 151 Å². The second-order valence-electron chi connectivity index (χ2n) is 6.32. The standard InChI is InChI=1S/C20H22O6/c1-11(9-12(2)21)19-17(24)8-6-15(20(19)26)16(23)7-4-13-3-5-14(22)10-18(13)25/h3-8,10-12,21-22,24-26H,9H2,1-2H3/t11-,12-/m0/s1. The van der Waals surface area contributed by atoms with E-state index in [0.29, 0.717) is 12.0 Å². The van der Waals surface area contributed by atoms with Crippen LogP contribution in [0.4, 0.5) is 0 Å². The highest BCUT2D eigenvalue weighted by Crippen LogP contribution is 2.38. The van der Waals surface area contributed by atoms with Gasteiger partial charge < -0.3 is 25.5 Å². The van der Waals surface area contributed by atoms with Crippen LogP contribution in [-0.2, 0) is 0 Å². The van der Waals surface area contributed by atoms with Crippen molar-refractivity contribution in [3.8, 4) is 23.0 Å². The van der Waals surface area contributed by atoms with Crippen molar-refractivity contribution in [2.75, 3.05) is 0 Å². The summed E-state index contributed by atoms with van der Waals surface area (Å²) < 4.78 is 0. The molecule has 0 aliphatic rings. The maximum atomic E-state index is 12.4. The lowest BCUT2D eigenvalue weighted by Gasteiger charge is -2.18. The minimum atomic E-state index is -0.625. The van der Waals surface area contributed by atoms with E-state index in [1.807, 2.05) is 0 Å². The first-order valence-corrected chi connectivity index (χ1v) is 8.18. The van der Waals surface area contributed by atoms with Crippen molar-refractivity contribution < 1.29 is 30.3 Å². The van der Waals surface area contributed by atoms with Crippen LogP contribution in [-0.4, -0.2) is 37.4 Å². The molecule has 0 unspecified atom stereocenters. The van der Waals surface area contributed by atoms with Gasteiger partial charge in [-0.1, -0.05) is 6.92 Å². The first-order valence-electron chi connectivity index (χ1n) is 8.18. The molecule has 2 atom stereocenters. The number of aliphatic hydroxyl groups excluding tert-OH is 1. The molecule has 0 aromatic heterocycles. The Bertz CT molecular complexity index is 838.